The van der Waals surface area contributed by atoms with Crippen molar-refractivity contribution in [2.24, 2.45) is 0 Å². The van der Waals surface area contributed by atoms with E-state index in [4.69, 9.17) is 9.47 Å². The van der Waals surface area contributed by atoms with E-state index in [1.807, 2.05) is 54.3 Å². The van der Waals surface area contributed by atoms with Crippen LogP contribution in [0.4, 0.5) is 5.82 Å². The van der Waals surface area contributed by atoms with Crippen molar-refractivity contribution in [2.45, 2.75) is 32.8 Å². The number of fused-ring (bicyclic) bond motifs is 2. The monoisotopic (exact) mass is 499 g/mol. The van der Waals surface area contributed by atoms with Gasteiger partial charge < -0.3 is 19.3 Å². The average molecular weight is 500 g/mol. The summed E-state index contributed by atoms with van der Waals surface area (Å²) in [5.41, 5.74) is 4.21. The Morgan fingerprint density at radius 3 is 2.62 bits per heavy atom. The third kappa shape index (κ3) is 4.43. The van der Waals surface area contributed by atoms with Crippen LogP contribution in [0.25, 0.3) is 16.9 Å². The number of piperazine rings is 1. The number of para-hydroxylation sites is 1. The molecule has 1 fully saturated rings. The van der Waals surface area contributed by atoms with Crippen LogP contribution >= 0.6 is 0 Å². The molecule has 0 N–H and O–H groups in total. The molecule has 0 atom stereocenters. The molecule has 2 aromatic heterocycles. The normalized spacial score (nSPS) is 16.5. The molecule has 0 spiro atoms. The molecule has 2 aromatic carbocycles. The molecule has 37 heavy (non-hydrogen) atoms. The van der Waals surface area contributed by atoms with Crippen LogP contribution in [0.15, 0.2) is 48.8 Å². The summed E-state index contributed by atoms with van der Waals surface area (Å²) < 4.78 is 13.7. The minimum atomic E-state index is -0.264. The molecule has 2 aliphatic rings. The van der Waals surface area contributed by atoms with E-state index in [1.54, 1.807) is 11.0 Å². The summed E-state index contributed by atoms with van der Waals surface area (Å²) in [6.07, 6.45) is 2.36. The second-order valence-corrected chi connectivity index (χ2v) is 10.1. The molecule has 0 bridgehead atoms. The fourth-order valence-corrected chi connectivity index (χ4v) is 4.93. The van der Waals surface area contributed by atoms with E-state index in [0.717, 1.165) is 29.2 Å². The fourth-order valence-electron chi connectivity index (χ4n) is 4.93. The summed E-state index contributed by atoms with van der Waals surface area (Å²) in [4.78, 5) is 25.8. The second-order valence-electron chi connectivity index (χ2n) is 10.1. The Kier molecular flexibility index (Phi) is 5.66. The molecule has 0 unspecified atom stereocenters. The first kappa shape index (κ1) is 23.2. The van der Waals surface area contributed by atoms with E-state index in [0.29, 0.717) is 43.1 Å². The molecule has 10 nitrogen and oxygen atoms in total. The topological polar surface area (TPSA) is 98.5 Å². The molecule has 1 saturated heterocycles. The number of benzene rings is 2. The highest BCUT2D eigenvalue weighted by atomic mass is 16.5. The molecule has 2 aliphatic heterocycles. The number of nitrogens with zero attached hydrogens (tertiary/aromatic N) is 7. The van der Waals surface area contributed by atoms with E-state index >= 15 is 0 Å². The number of aryl methyl sites for hydroxylation is 1. The van der Waals surface area contributed by atoms with Gasteiger partial charge in [0.05, 0.1) is 5.69 Å². The lowest BCUT2D eigenvalue weighted by molar-refractivity contribution is -0.133. The molecule has 6 rings (SSSR count). The maximum absolute atomic E-state index is 12.9. The summed E-state index contributed by atoms with van der Waals surface area (Å²) >= 11 is 0. The summed E-state index contributed by atoms with van der Waals surface area (Å²) in [5.74, 6) is 2.05. The number of carbonyl (C=O) groups excluding carboxylic acids is 1. The molecule has 0 saturated carbocycles. The minimum absolute atomic E-state index is 0.0249. The standard InChI is InChI=1S/C27H29N7O3/c1-18-7-9-20(10-8-18)34-26-23(30-31-34)25(28-17-29-26)33-13-11-32(12-14-33)22(35)16-36-21-6-4-5-19-15-27(2,3)37-24(19)21/h4-10,17H,11-16H2,1-3H3. The third-order valence-electron chi connectivity index (χ3n) is 6.84. The first-order valence-corrected chi connectivity index (χ1v) is 12.5. The van der Waals surface area contributed by atoms with Crippen LogP contribution in [0.1, 0.15) is 25.0 Å². The zero-order valence-corrected chi connectivity index (χ0v) is 21.2. The largest absolute Gasteiger partial charge is 0.483 e. The number of carbonyl (C=O) groups is 1. The van der Waals surface area contributed by atoms with Gasteiger partial charge in [0.15, 0.2) is 35.1 Å². The molecule has 1 amide bonds. The van der Waals surface area contributed by atoms with Gasteiger partial charge in [0.2, 0.25) is 0 Å². The number of aromatic nitrogens is 5. The smallest absolute Gasteiger partial charge is 0.260 e. The van der Waals surface area contributed by atoms with Crippen LogP contribution in [-0.4, -0.2) is 74.2 Å². The highest BCUT2D eigenvalue weighted by molar-refractivity contribution is 5.84. The van der Waals surface area contributed by atoms with Gasteiger partial charge in [0, 0.05) is 38.2 Å². The van der Waals surface area contributed by atoms with Crippen LogP contribution in [-0.2, 0) is 11.2 Å². The third-order valence-corrected chi connectivity index (χ3v) is 6.84. The highest BCUT2D eigenvalue weighted by Crippen LogP contribution is 2.41. The van der Waals surface area contributed by atoms with Gasteiger partial charge in [-0.3, -0.25) is 4.79 Å². The quantitative estimate of drug-likeness (QED) is 0.413. The van der Waals surface area contributed by atoms with Crippen LogP contribution in [0.2, 0.25) is 0 Å². The van der Waals surface area contributed by atoms with Crippen molar-refractivity contribution in [3.05, 3.63) is 59.9 Å². The van der Waals surface area contributed by atoms with E-state index in [9.17, 15) is 4.79 Å². The SMILES string of the molecule is Cc1ccc(-n2nnc3c(N4CCN(C(=O)COc5cccc6c5OC(C)(C)C6)CC4)ncnc32)cc1. The number of anilines is 1. The van der Waals surface area contributed by atoms with Crippen molar-refractivity contribution in [1.29, 1.82) is 0 Å². The van der Waals surface area contributed by atoms with Crippen molar-refractivity contribution < 1.29 is 14.3 Å². The maximum Gasteiger partial charge on any atom is 0.260 e. The first-order chi connectivity index (χ1) is 17.9. The van der Waals surface area contributed by atoms with Gasteiger partial charge in [0.25, 0.3) is 5.91 Å². The van der Waals surface area contributed by atoms with E-state index in [-0.39, 0.29) is 18.1 Å². The van der Waals surface area contributed by atoms with Gasteiger partial charge >= 0.3 is 0 Å². The lowest BCUT2D eigenvalue weighted by atomic mass is 10.0. The van der Waals surface area contributed by atoms with Crippen LogP contribution < -0.4 is 14.4 Å². The fraction of sp³-hybridized carbons (Fsp3) is 0.370. The number of hydrogen-bond acceptors (Lipinski definition) is 8. The predicted octanol–water partition coefficient (Wildman–Crippen LogP) is 2.96. The summed E-state index contributed by atoms with van der Waals surface area (Å²) in [7, 11) is 0. The molecule has 0 aliphatic carbocycles. The Hall–Kier alpha value is -4.21. The van der Waals surface area contributed by atoms with Crippen molar-refractivity contribution in [3.63, 3.8) is 0 Å². The second kappa shape index (κ2) is 9.02. The van der Waals surface area contributed by atoms with Gasteiger partial charge in [-0.2, -0.15) is 4.68 Å². The van der Waals surface area contributed by atoms with Crippen LogP contribution in [0, 0.1) is 6.92 Å². The Labute approximate surface area is 214 Å². The Morgan fingerprint density at radius 1 is 1.05 bits per heavy atom. The average Bonchev–Trinajstić information content (AvgIpc) is 3.47. The van der Waals surface area contributed by atoms with Gasteiger partial charge in [0.1, 0.15) is 11.9 Å². The zero-order valence-electron chi connectivity index (χ0n) is 21.2. The Morgan fingerprint density at radius 2 is 1.84 bits per heavy atom. The van der Waals surface area contributed by atoms with Crippen molar-refractivity contribution >= 4 is 22.9 Å². The molecule has 190 valence electrons. The van der Waals surface area contributed by atoms with Crippen molar-refractivity contribution in [3.8, 4) is 17.2 Å². The van der Waals surface area contributed by atoms with Gasteiger partial charge in [-0.25, -0.2) is 9.97 Å². The van der Waals surface area contributed by atoms with Gasteiger partial charge in [-0.1, -0.05) is 35.0 Å². The predicted molar refractivity (Wildman–Crippen MR) is 138 cm³/mol. The summed E-state index contributed by atoms with van der Waals surface area (Å²) in [5, 5.41) is 8.71. The van der Waals surface area contributed by atoms with Crippen molar-refractivity contribution in [1.82, 2.24) is 29.9 Å². The van der Waals surface area contributed by atoms with Crippen molar-refractivity contribution in [2.75, 3.05) is 37.7 Å². The summed E-state index contributed by atoms with van der Waals surface area (Å²) in [6, 6.07) is 13.9. The summed E-state index contributed by atoms with van der Waals surface area (Å²) in [6.45, 7) is 8.52. The molecular formula is C27H29N7O3. The molecule has 0 radical (unpaired) electrons. The zero-order chi connectivity index (χ0) is 25.6. The Balaban J connectivity index is 1.11. The molecule has 4 aromatic rings. The van der Waals surface area contributed by atoms with Crippen LogP contribution in [0.3, 0.4) is 0 Å². The van der Waals surface area contributed by atoms with Gasteiger partial charge in [-0.05, 0) is 39.0 Å². The lowest BCUT2D eigenvalue weighted by Crippen LogP contribution is -2.50. The van der Waals surface area contributed by atoms with E-state index in [2.05, 4.69) is 39.0 Å². The maximum atomic E-state index is 12.9. The van der Waals surface area contributed by atoms with Gasteiger partial charge in [-0.15, -0.1) is 5.10 Å². The molecule has 4 heterocycles. The number of ether oxygens (including phenoxy) is 2. The highest BCUT2D eigenvalue weighted by Gasteiger charge is 2.32. The van der Waals surface area contributed by atoms with E-state index < -0.39 is 0 Å². The number of rotatable bonds is 5. The molecule has 10 heteroatoms. The number of hydrogen-bond donors (Lipinski definition) is 0. The lowest BCUT2D eigenvalue weighted by Gasteiger charge is -2.35. The van der Waals surface area contributed by atoms with Crippen LogP contribution in [0.5, 0.6) is 11.5 Å². The number of amides is 1. The Bertz CT molecular complexity index is 1460. The minimum Gasteiger partial charge on any atom is -0.483 e. The van der Waals surface area contributed by atoms with E-state index in [1.165, 1.54) is 5.56 Å². The molecular weight excluding hydrogens is 470 g/mol. The first-order valence-electron chi connectivity index (χ1n) is 12.5.